The summed E-state index contributed by atoms with van der Waals surface area (Å²) in [7, 11) is 0. The molecular weight excluding hydrogens is 428 g/mol. The van der Waals surface area contributed by atoms with Crippen molar-refractivity contribution in [3.8, 4) is 11.1 Å². The minimum atomic E-state index is -0.717. The largest absolute Gasteiger partial charge is 0.322 e. The van der Waals surface area contributed by atoms with Gasteiger partial charge in [0.15, 0.2) is 0 Å². The second kappa shape index (κ2) is 8.07. The van der Waals surface area contributed by atoms with Crippen LogP contribution in [-0.2, 0) is 6.42 Å². The van der Waals surface area contributed by atoms with Crippen molar-refractivity contribution in [1.29, 1.82) is 0 Å². The van der Waals surface area contributed by atoms with E-state index in [0.717, 1.165) is 17.7 Å². The van der Waals surface area contributed by atoms with Crippen molar-refractivity contribution in [2.24, 2.45) is 0 Å². The molecule has 4 rings (SSSR count). The first-order valence-corrected chi connectivity index (χ1v) is 9.91. The van der Waals surface area contributed by atoms with Crippen LogP contribution in [-0.4, -0.2) is 32.2 Å². The molecule has 0 saturated carbocycles. The molecule has 7 nitrogen and oxygen atoms in total. The molecule has 0 fully saturated rings. The Morgan fingerprint density at radius 1 is 1.26 bits per heavy atom. The van der Waals surface area contributed by atoms with Crippen LogP contribution in [0, 0.1) is 11.8 Å². The number of fused-ring (bicyclic) bond motifs is 1. The third kappa shape index (κ3) is 4.00. The highest BCUT2D eigenvalue weighted by molar-refractivity contribution is 6.33. The first-order valence-electron chi connectivity index (χ1n) is 9.53. The minimum Gasteiger partial charge on any atom is -0.313 e. The molecule has 0 radical (unpaired) electrons. The van der Waals surface area contributed by atoms with E-state index in [4.69, 9.17) is 11.6 Å². The molecule has 0 spiro atoms. The van der Waals surface area contributed by atoms with Gasteiger partial charge in [0.25, 0.3) is 5.56 Å². The molecule has 3 heterocycles. The predicted octanol–water partition coefficient (Wildman–Crippen LogP) is 4.30. The highest BCUT2D eigenvalue weighted by Crippen LogP contribution is 2.34. The number of hydrogen-bond acceptors (Lipinski definition) is 4. The summed E-state index contributed by atoms with van der Waals surface area (Å²) in [5, 5.41) is 9.15. The number of amides is 2. The SMILES string of the molecule is CC1Cc2cc(=O)[nH]nc2C(C)N1C(=O)Nc1cc(Cl)c(-c2ccnc(F)c2)cc1F. The molecule has 1 aliphatic rings. The van der Waals surface area contributed by atoms with Gasteiger partial charge in [-0.25, -0.2) is 19.3 Å². The zero-order chi connectivity index (χ0) is 22.3. The molecule has 31 heavy (non-hydrogen) atoms. The van der Waals surface area contributed by atoms with Crippen molar-refractivity contribution >= 4 is 23.3 Å². The molecule has 10 heteroatoms. The molecule has 0 saturated heterocycles. The smallest absolute Gasteiger partial charge is 0.313 e. The average Bonchev–Trinajstić information content (AvgIpc) is 2.70. The maximum atomic E-state index is 14.8. The first-order chi connectivity index (χ1) is 14.7. The summed E-state index contributed by atoms with van der Waals surface area (Å²) < 4.78 is 28.2. The molecule has 2 atom stereocenters. The van der Waals surface area contributed by atoms with Crippen molar-refractivity contribution < 1.29 is 13.6 Å². The maximum Gasteiger partial charge on any atom is 0.322 e. The molecular formula is C21H18ClF2N5O2. The molecule has 2 aromatic heterocycles. The molecule has 0 bridgehead atoms. The van der Waals surface area contributed by atoms with E-state index >= 15 is 0 Å². The molecule has 1 aliphatic heterocycles. The van der Waals surface area contributed by atoms with Crippen LogP contribution in [0.25, 0.3) is 11.1 Å². The number of aromatic amines is 1. The maximum absolute atomic E-state index is 14.8. The van der Waals surface area contributed by atoms with Crippen molar-refractivity contribution in [2.75, 3.05) is 5.32 Å². The lowest BCUT2D eigenvalue weighted by atomic mass is 9.94. The zero-order valence-corrected chi connectivity index (χ0v) is 17.4. The standard InChI is InChI=1S/C21H18ClF2N5O2/c1-10-5-13-7-19(30)27-28-20(13)11(2)29(10)21(31)26-17-9-15(22)14(8-16(17)23)12-3-4-25-18(24)6-12/h3-4,6-11H,5H2,1-2H3,(H,26,31)(H,27,30). The molecule has 2 N–H and O–H groups in total. The average molecular weight is 446 g/mol. The van der Waals surface area contributed by atoms with Crippen LogP contribution >= 0.6 is 11.6 Å². The van der Waals surface area contributed by atoms with Crippen LogP contribution in [0.5, 0.6) is 0 Å². The summed E-state index contributed by atoms with van der Waals surface area (Å²) >= 11 is 6.28. The van der Waals surface area contributed by atoms with Gasteiger partial charge >= 0.3 is 6.03 Å². The van der Waals surface area contributed by atoms with Crippen LogP contribution in [0.3, 0.4) is 0 Å². The van der Waals surface area contributed by atoms with E-state index in [1.165, 1.54) is 29.3 Å². The number of carbonyl (C=O) groups is 1. The number of rotatable bonds is 2. The number of carbonyl (C=O) groups excluding carboxylic acids is 1. The number of urea groups is 1. The van der Waals surface area contributed by atoms with E-state index in [9.17, 15) is 18.4 Å². The van der Waals surface area contributed by atoms with Gasteiger partial charge in [-0.05, 0) is 49.6 Å². The van der Waals surface area contributed by atoms with Gasteiger partial charge in [-0.3, -0.25) is 4.79 Å². The fourth-order valence-corrected chi connectivity index (χ4v) is 4.17. The van der Waals surface area contributed by atoms with Gasteiger partial charge in [0, 0.05) is 29.9 Å². The lowest BCUT2D eigenvalue weighted by Gasteiger charge is -2.39. The van der Waals surface area contributed by atoms with E-state index in [1.807, 2.05) is 6.92 Å². The third-order valence-electron chi connectivity index (χ3n) is 5.29. The van der Waals surface area contributed by atoms with E-state index < -0.39 is 23.8 Å². The Morgan fingerprint density at radius 3 is 2.77 bits per heavy atom. The number of hydrogen-bond donors (Lipinski definition) is 2. The van der Waals surface area contributed by atoms with Gasteiger partial charge < -0.3 is 10.2 Å². The van der Waals surface area contributed by atoms with Gasteiger partial charge in [0.2, 0.25) is 5.95 Å². The quantitative estimate of drug-likeness (QED) is 0.575. The van der Waals surface area contributed by atoms with Crippen LogP contribution in [0.4, 0.5) is 19.3 Å². The summed E-state index contributed by atoms with van der Waals surface area (Å²) in [5.74, 6) is -1.43. The fourth-order valence-electron chi connectivity index (χ4n) is 3.90. The highest BCUT2D eigenvalue weighted by atomic mass is 35.5. The van der Waals surface area contributed by atoms with Gasteiger partial charge in [-0.15, -0.1) is 0 Å². The first kappa shape index (κ1) is 20.9. The molecule has 160 valence electrons. The second-order valence-electron chi connectivity index (χ2n) is 7.39. The fraction of sp³-hybridized carbons (Fsp3) is 0.238. The van der Waals surface area contributed by atoms with E-state index in [2.05, 4.69) is 20.5 Å². The highest BCUT2D eigenvalue weighted by Gasteiger charge is 2.34. The van der Waals surface area contributed by atoms with Crippen LogP contribution in [0.15, 0.2) is 41.3 Å². The zero-order valence-electron chi connectivity index (χ0n) is 16.6. The Labute approximate surface area is 181 Å². The summed E-state index contributed by atoms with van der Waals surface area (Å²) in [5.41, 5.74) is 1.59. The second-order valence-corrected chi connectivity index (χ2v) is 7.80. The van der Waals surface area contributed by atoms with Crippen LogP contribution in [0.1, 0.15) is 31.1 Å². The van der Waals surface area contributed by atoms with E-state index in [0.29, 0.717) is 17.7 Å². The van der Waals surface area contributed by atoms with Crippen molar-refractivity contribution in [3.63, 3.8) is 0 Å². The number of anilines is 1. The third-order valence-corrected chi connectivity index (χ3v) is 5.61. The predicted molar refractivity (Wildman–Crippen MR) is 112 cm³/mol. The molecule has 2 unspecified atom stereocenters. The monoisotopic (exact) mass is 445 g/mol. The van der Waals surface area contributed by atoms with Crippen molar-refractivity contribution in [3.05, 3.63) is 74.9 Å². The van der Waals surface area contributed by atoms with Gasteiger partial charge in [0.05, 0.1) is 22.4 Å². The normalized spacial score (nSPS) is 17.9. The Hall–Kier alpha value is -3.33. The number of nitrogens with zero attached hydrogens (tertiary/aromatic N) is 3. The number of benzene rings is 1. The number of aromatic nitrogens is 3. The summed E-state index contributed by atoms with van der Waals surface area (Å²) in [6, 6.07) is 5.33. The molecule has 3 aromatic rings. The van der Waals surface area contributed by atoms with Crippen LogP contribution < -0.4 is 10.9 Å². The number of halogens is 3. The number of pyridine rings is 1. The number of H-pyrrole nitrogens is 1. The minimum absolute atomic E-state index is 0.104. The Kier molecular flexibility index (Phi) is 5.45. The van der Waals surface area contributed by atoms with E-state index in [1.54, 1.807) is 6.92 Å². The van der Waals surface area contributed by atoms with Crippen molar-refractivity contribution in [2.45, 2.75) is 32.4 Å². The van der Waals surface area contributed by atoms with Crippen LogP contribution in [0.2, 0.25) is 5.02 Å². The molecule has 2 amide bonds. The Morgan fingerprint density at radius 2 is 2.03 bits per heavy atom. The molecule has 0 aliphatic carbocycles. The Bertz CT molecular complexity index is 1230. The number of nitrogens with one attached hydrogen (secondary N) is 2. The topological polar surface area (TPSA) is 91.0 Å². The van der Waals surface area contributed by atoms with Gasteiger partial charge in [0.1, 0.15) is 5.82 Å². The summed E-state index contributed by atoms with van der Waals surface area (Å²) in [6.45, 7) is 3.62. The lowest BCUT2D eigenvalue weighted by molar-refractivity contribution is 0.155. The lowest BCUT2D eigenvalue weighted by Crippen LogP contribution is -2.47. The summed E-state index contributed by atoms with van der Waals surface area (Å²) in [4.78, 5) is 29.5. The Balaban J connectivity index is 1.60. The van der Waals surface area contributed by atoms with Crippen molar-refractivity contribution in [1.82, 2.24) is 20.1 Å². The van der Waals surface area contributed by atoms with Gasteiger partial charge in [-0.2, -0.15) is 9.49 Å². The van der Waals surface area contributed by atoms with E-state index in [-0.39, 0.29) is 27.9 Å². The van der Waals surface area contributed by atoms with Gasteiger partial charge in [-0.1, -0.05) is 11.6 Å². The molecule has 1 aromatic carbocycles. The summed E-state index contributed by atoms with van der Waals surface area (Å²) in [6.07, 6.45) is 1.70.